The Kier molecular flexibility index (Phi) is 6.06. The minimum absolute atomic E-state index is 0.673. The van der Waals surface area contributed by atoms with Crippen molar-refractivity contribution in [3.63, 3.8) is 0 Å². The van der Waals surface area contributed by atoms with Crippen LogP contribution in [-0.4, -0.2) is 36.0 Å². The van der Waals surface area contributed by atoms with Crippen LogP contribution in [0, 0.1) is 0 Å². The maximum Gasteiger partial charge on any atom is 0.00744 e. The van der Waals surface area contributed by atoms with Crippen LogP contribution < -0.4 is 0 Å². The van der Waals surface area contributed by atoms with Gasteiger partial charge in [-0.1, -0.05) is 0 Å². The van der Waals surface area contributed by atoms with Gasteiger partial charge < -0.3 is 4.90 Å². The molecule has 11 heavy (non-hydrogen) atoms. The van der Waals surface area contributed by atoms with Crippen LogP contribution in [0.2, 0.25) is 0 Å². The molecule has 0 rings (SSSR count). The molecule has 0 radical (unpaired) electrons. The van der Waals surface area contributed by atoms with Gasteiger partial charge in [-0.3, -0.25) is 0 Å². The molecule has 0 saturated heterocycles. The molecule has 1 nitrogen and oxygen atoms in total. The standard InChI is InChI=1S/C9H21NS/c1-8(2)10(4)9(3)6-7-11-5/h8-9H,6-7H2,1-5H3. The van der Waals surface area contributed by atoms with Gasteiger partial charge in [0.25, 0.3) is 0 Å². The van der Waals surface area contributed by atoms with Crippen molar-refractivity contribution in [1.29, 1.82) is 0 Å². The van der Waals surface area contributed by atoms with E-state index in [-0.39, 0.29) is 0 Å². The Bertz CT molecular complexity index is 93.6. The monoisotopic (exact) mass is 175 g/mol. The van der Waals surface area contributed by atoms with Gasteiger partial charge in [0.2, 0.25) is 0 Å². The Morgan fingerprint density at radius 1 is 1.27 bits per heavy atom. The van der Waals surface area contributed by atoms with E-state index in [1.165, 1.54) is 12.2 Å². The average molecular weight is 175 g/mol. The number of rotatable bonds is 5. The molecule has 0 bridgehead atoms. The third-order valence-corrected chi connectivity index (χ3v) is 2.89. The van der Waals surface area contributed by atoms with E-state index < -0.39 is 0 Å². The van der Waals surface area contributed by atoms with Gasteiger partial charge >= 0.3 is 0 Å². The first-order chi connectivity index (χ1) is 5.09. The van der Waals surface area contributed by atoms with Gasteiger partial charge in [-0.05, 0) is 46.2 Å². The van der Waals surface area contributed by atoms with Crippen molar-refractivity contribution in [2.24, 2.45) is 0 Å². The van der Waals surface area contributed by atoms with Crippen LogP contribution >= 0.6 is 11.8 Å². The van der Waals surface area contributed by atoms with E-state index in [4.69, 9.17) is 0 Å². The Hall–Kier alpha value is 0.310. The minimum Gasteiger partial charge on any atom is -0.301 e. The van der Waals surface area contributed by atoms with Gasteiger partial charge in [0, 0.05) is 12.1 Å². The molecule has 0 aromatic rings. The first-order valence-electron chi connectivity index (χ1n) is 4.30. The highest BCUT2D eigenvalue weighted by Gasteiger charge is 2.10. The fourth-order valence-electron chi connectivity index (χ4n) is 1.00. The number of hydrogen-bond acceptors (Lipinski definition) is 2. The molecule has 0 aliphatic heterocycles. The van der Waals surface area contributed by atoms with Gasteiger partial charge in [-0.2, -0.15) is 11.8 Å². The first-order valence-corrected chi connectivity index (χ1v) is 5.69. The largest absolute Gasteiger partial charge is 0.301 e. The van der Waals surface area contributed by atoms with Crippen molar-refractivity contribution in [3.05, 3.63) is 0 Å². The van der Waals surface area contributed by atoms with E-state index in [0.717, 1.165) is 6.04 Å². The van der Waals surface area contributed by atoms with Gasteiger partial charge in [0.15, 0.2) is 0 Å². The number of hydrogen-bond donors (Lipinski definition) is 0. The van der Waals surface area contributed by atoms with Gasteiger partial charge in [0.05, 0.1) is 0 Å². The van der Waals surface area contributed by atoms with E-state index in [1.807, 2.05) is 11.8 Å². The van der Waals surface area contributed by atoms with Crippen molar-refractivity contribution in [1.82, 2.24) is 4.90 Å². The van der Waals surface area contributed by atoms with Gasteiger partial charge in [-0.25, -0.2) is 0 Å². The number of nitrogens with zero attached hydrogens (tertiary/aromatic N) is 1. The molecule has 0 spiro atoms. The number of thioether (sulfide) groups is 1. The summed E-state index contributed by atoms with van der Waals surface area (Å²) in [4.78, 5) is 2.43. The smallest absolute Gasteiger partial charge is 0.00744 e. The molecule has 68 valence electrons. The second-order valence-corrected chi connectivity index (χ2v) is 4.38. The predicted octanol–water partition coefficient (Wildman–Crippen LogP) is 2.47. The molecule has 1 atom stereocenters. The molecule has 2 heteroatoms. The molecule has 1 unspecified atom stereocenters. The fourth-order valence-corrected chi connectivity index (χ4v) is 1.58. The lowest BCUT2D eigenvalue weighted by atomic mass is 10.2. The molecular formula is C9H21NS. The molecular weight excluding hydrogens is 154 g/mol. The summed E-state index contributed by atoms with van der Waals surface area (Å²) in [7, 11) is 2.20. The molecule has 0 heterocycles. The highest BCUT2D eigenvalue weighted by molar-refractivity contribution is 7.98. The maximum atomic E-state index is 2.43. The average Bonchev–Trinajstić information content (AvgIpc) is 1.98. The topological polar surface area (TPSA) is 3.24 Å². The molecule has 0 saturated carbocycles. The van der Waals surface area contributed by atoms with E-state index in [0.29, 0.717) is 6.04 Å². The molecule has 0 aromatic heterocycles. The summed E-state index contributed by atoms with van der Waals surface area (Å²) in [5, 5.41) is 0. The SMILES string of the molecule is CSCCC(C)N(C)C(C)C. The summed E-state index contributed by atoms with van der Waals surface area (Å²) in [5.41, 5.74) is 0. The lowest BCUT2D eigenvalue weighted by Gasteiger charge is -2.28. The maximum absolute atomic E-state index is 2.43. The van der Waals surface area contributed by atoms with Crippen molar-refractivity contribution >= 4 is 11.8 Å². The third kappa shape index (κ3) is 4.70. The van der Waals surface area contributed by atoms with Crippen molar-refractivity contribution < 1.29 is 0 Å². The van der Waals surface area contributed by atoms with E-state index >= 15 is 0 Å². The lowest BCUT2D eigenvalue weighted by Crippen LogP contribution is -2.35. The normalized spacial score (nSPS) is 14.5. The van der Waals surface area contributed by atoms with Crippen LogP contribution in [0.3, 0.4) is 0 Å². The molecule has 0 N–H and O–H groups in total. The van der Waals surface area contributed by atoms with E-state index in [2.05, 4.69) is 39.0 Å². The lowest BCUT2D eigenvalue weighted by molar-refractivity contribution is 0.205. The van der Waals surface area contributed by atoms with Gasteiger partial charge in [-0.15, -0.1) is 0 Å². The zero-order chi connectivity index (χ0) is 8.85. The molecule has 0 amide bonds. The molecule has 0 aliphatic carbocycles. The Morgan fingerprint density at radius 3 is 2.18 bits per heavy atom. The van der Waals surface area contributed by atoms with Crippen LogP contribution in [0.5, 0.6) is 0 Å². The highest BCUT2D eigenvalue weighted by Crippen LogP contribution is 2.08. The van der Waals surface area contributed by atoms with Crippen LogP contribution in [0.4, 0.5) is 0 Å². The van der Waals surface area contributed by atoms with Crippen molar-refractivity contribution in [2.45, 2.75) is 39.3 Å². The molecule has 0 fully saturated rings. The fraction of sp³-hybridized carbons (Fsp3) is 1.00. The second-order valence-electron chi connectivity index (χ2n) is 3.39. The Morgan fingerprint density at radius 2 is 1.82 bits per heavy atom. The van der Waals surface area contributed by atoms with Crippen molar-refractivity contribution in [2.75, 3.05) is 19.1 Å². The van der Waals surface area contributed by atoms with E-state index in [9.17, 15) is 0 Å². The van der Waals surface area contributed by atoms with Gasteiger partial charge in [0.1, 0.15) is 0 Å². The summed E-state index contributed by atoms with van der Waals surface area (Å²) in [5.74, 6) is 1.28. The summed E-state index contributed by atoms with van der Waals surface area (Å²) in [6.45, 7) is 6.79. The minimum atomic E-state index is 0.673. The first kappa shape index (κ1) is 11.3. The molecule has 0 aromatic carbocycles. The zero-order valence-electron chi connectivity index (χ0n) is 8.42. The van der Waals surface area contributed by atoms with Crippen LogP contribution in [-0.2, 0) is 0 Å². The zero-order valence-corrected chi connectivity index (χ0v) is 9.24. The second kappa shape index (κ2) is 5.90. The predicted molar refractivity (Wildman–Crippen MR) is 55.4 cm³/mol. The van der Waals surface area contributed by atoms with Crippen LogP contribution in [0.15, 0.2) is 0 Å². The summed E-state index contributed by atoms with van der Waals surface area (Å²) in [6.07, 6.45) is 3.47. The van der Waals surface area contributed by atoms with Crippen LogP contribution in [0.1, 0.15) is 27.2 Å². The Balaban J connectivity index is 3.55. The quantitative estimate of drug-likeness (QED) is 0.631. The van der Waals surface area contributed by atoms with E-state index in [1.54, 1.807) is 0 Å². The van der Waals surface area contributed by atoms with Crippen molar-refractivity contribution in [3.8, 4) is 0 Å². The summed E-state index contributed by atoms with van der Waals surface area (Å²) >= 11 is 1.93. The third-order valence-electron chi connectivity index (χ3n) is 2.25. The van der Waals surface area contributed by atoms with Crippen LogP contribution in [0.25, 0.3) is 0 Å². The Labute approximate surface area is 75.5 Å². The summed E-state index contributed by atoms with van der Waals surface area (Å²) in [6, 6.07) is 1.40. The highest BCUT2D eigenvalue weighted by atomic mass is 32.2. The summed E-state index contributed by atoms with van der Waals surface area (Å²) < 4.78 is 0. The molecule has 0 aliphatic rings.